The van der Waals surface area contributed by atoms with Crippen LogP contribution in [0.3, 0.4) is 0 Å². The van der Waals surface area contributed by atoms with E-state index in [1.807, 2.05) is 0 Å². The van der Waals surface area contributed by atoms with Crippen LogP contribution < -0.4 is 0 Å². The van der Waals surface area contributed by atoms with Gasteiger partial charge in [0.15, 0.2) is 0 Å². The summed E-state index contributed by atoms with van der Waals surface area (Å²) in [7, 11) is 0. The van der Waals surface area contributed by atoms with Crippen LogP contribution in [0.4, 0.5) is 5.69 Å². The van der Waals surface area contributed by atoms with Crippen LogP contribution >= 0.6 is 11.8 Å². The van der Waals surface area contributed by atoms with Crippen molar-refractivity contribution in [3.05, 3.63) is 33.9 Å². The molecule has 0 saturated heterocycles. The summed E-state index contributed by atoms with van der Waals surface area (Å²) in [6.07, 6.45) is 4.80. The number of hydrogen-bond acceptors (Lipinski definition) is 4. The Balaban J connectivity index is 2.16. The van der Waals surface area contributed by atoms with E-state index in [0.29, 0.717) is 10.8 Å². The molecule has 102 valence electrons. The second-order valence-electron chi connectivity index (χ2n) is 4.70. The molecule has 1 N–H and O–H groups in total. The summed E-state index contributed by atoms with van der Waals surface area (Å²) >= 11 is 1.42. The molecule has 0 bridgehead atoms. The Hall–Kier alpha value is -1.56. The molecular weight excluding hydrogens is 266 g/mol. The van der Waals surface area contributed by atoms with Crippen LogP contribution in [-0.2, 0) is 0 Å². The van der Waals surface area contributed by atoms with Crippen LogP contribution in [0.1, 0.15) is 36.0 Å². The number of thioether (sulfide) groups is 1. The zero-order valence-electron chi connectivity index (χ0n) is 10.4. The number of hydrogen-bond donors (Lipinski definition) is 1. The van der Waals surface area contributed by atoms with Gasteiger partial charge in [0, 0.05) is 22.8 Å². The van der Waals surface area contributed by atoms with Crippen molar-refractivity contribution >= 4 is 23.4 Å². The molecule has 0 aliphatic heterocycles. The summed E-state index contributed by atoms with van der Waals surface area (Å²) in [5.41, 5.74) is 0.0903. The second-order valence-corrected chi connectivity index (χ2v) is 5.77. The topological polar surface area (TPSA) is 80.4 Å². The quantitative estimate of drug-likeness (QED) is 0.507. The molecule has 2 rings (SSSR count). The molecule has 1 aromatic carbocycles. The lowest BCUT2D eigenvalue weighted by Crippen LogP contribution is -2.02. The van der Waals surface area contributed by atoms with Gasteiger partial charge in [0.1, 0.15) is 0 Å². The summed E-state index contributed by atoms with van der Waals surface area (Å²) in [6.45, 7) is 0. The van der Waals surface area contributed by atoms with Crippen molar-refractivity contribution in [3.63, 3.8) is 0 Å². The summed E-state index contributed by atoms with van der Waals surface area (Å²) in [5, 5.41) is 19.8. The van der Waals surface area contributed by atoms with E-state index in [-0.39, 0.29) is 11.3 Å². The molecule has 1 fully saturated rings. The van der Waals surface area contributed by atoms with Crippen molar-refractivity contribution in [2.75, 3.05) is 5.75 Å². The molecule has 5 nitrogen and oxygen atoms in total. The number of carboxylic acids is 1. The largest absolute Gasteiger partial charge is 0.478 e. The number of carboxylic acid groups (broad SMARTS) is 1. The molecule has 6 heteroatoms. The molecular formula is C13H15NO4S. The molecule has 1 aliphatic rings. The van der Waals surface area contributed by atoms with Gasteiger partial charge < -0.3 is 5.11 Å². The van der Waals surface area contributed by atoms with Crippen molar-refractivity contribution < 1.29 is 14.8 Å². The second kappa shape index (κ2) is 6.06. The Morgan fingerprint density at radius 1 is 1.42 bits per heavy atom. The van der Waals surface area contributed by atoms with Gasteiger partial charge in [0.05, 0.1) is 10.5 Å². The molecule has 0 radical (unpaired) electrons. The van der Waals surface area contributed by atoms with E-state index in [1.54, 1.807) is 0 Å². The van der Waals surface area contributed by atoms with Crippen LogP contribution in [0.15, 0.2) is 23.1 Å². The first kappa shape index (κ1) is 13.9. The molecule has 1 aliphatic carbocycles. The van der Waals surface area contributed by atoms with Gasteiger partial charge in [-0.2, -0.15) is 0 Å². The fraction of sp³-hybridized carbons (Fsp3) is 0.462. The number of rotatable bonds is 5. The first-order valence-electron chi connectivity index (χ1n) is 6.22. The number of nitrogens with zero attached hydrogens (tertiary/aromatic N) is 1. The predicted molar refractivity (Wildman–Crippen MR) is 72.7 cm³/mol. The maximum atomic E-state index is 11.1. The van der Waals surface area contributed by atoms with Gasteiger partial charge in [-0.15, -0.1) is 11.8 Å². The predicted octanol–water partition coefficient (Wildman–Crippen LogP) is 3.58. The highest BCUT2D eigenvalue weighted by atomic mass is 32.2. The van der Waals surface area contributed by atoms with E-state index in [1.165, 1.54) is 55.6 Å². The number of nitro groups is 1. The smallest absolute Gasteiger partial charge is 0.336 e. The van der Waals surface area contributed by atoms with Crippen molar-refractivity contribution in [1.82, 2.24) is 0 Å². The average Bonchev–Trinajstić information content (AvgIpc) is 2.88. The lowest BCUT2D eigenvalue weighted by molar-refractivity contribution is -0.385. The SMILES string of the molecule is O=C(O)c1ccc([N+](=O)[O-])cc1SCC1CCCC1. The number of nitro benzene ring substituents is 1. The van der Waals surface area contributed by atoms with E-state index in [9.17, 15) is 14.9 Å². The van der Waals surface area contributed by atoms with Crippen LogP contribution in [0, 0.1) is 16.0 Å². The molecule has 0 aromatic heterocycles. The lowest BCUT2D eigenvalue weighted by Gasteiger charge is -2.10. The van der Waals surface area contributed by atoms with E-state index in [2.05, 4.69) is 0 Å². The molecule has 0 spiro atoms. The number of aromatic carboxylic acids is 1. The minimum atomic E-state index is -1.04. The summed E-state index contributed by atoms with van der Waals surface area (Å²) in [4.78, 5) is 21.9. The Morgan fingerprint density at radius 3 is 2.68 bits per heavy atom. The van der Waals surface area contributed by atoms with Gasteiger partial charge >= 0.3 is 5.97 Å². The molecule has 0 heterocycles. The standard InChI is InChI=1S/C13H15NO4S/c15-13(16)11-6-5-10(14(17)18)7-12(11)19-8-9-3-1-2-4-9/h5-7,9H,1-4,8H2,(H,15,16). The summed E-state index contributed by atoms with van der Waals surface area (Å²) in [5.74, 6) is 0.399. The van der Waals surface area contributed by atoms with Gasteiger partial charge in [-0.05, 0) is 24.8 Å². The lowest BCUT2D eigenvalue weighted by atomic mass is 10.1. The molecule has 1 saturated carbocycles. The number of carbonyl (C=O) groups is 1. The monoisotopic (exact) mass is 281 g/mol. The highest BCUT2D eigenvalue weighted by Gasteiger charge is 2.19. The first-order chi connectivity index (χ1) is 9.08. The number of benzene rings is 1. The first-order valence-corrected chi connectivity index (χ1v) is 7.21. The highest BCUT2D eigenvalue weighted by molar-refractivity contribution is 7.99. The average molecular weight is 281 g/mol. The van der Waals surface area contributed by atoms with Gasteiger partial charge in [0.2, 0.25) is 0 Å². The molecule has 0 atom stereocenters. The van der Waals surface area contributed by atoms with Crippen molar-refractivity contribution in [2.24, 2.45) is 5.92 Å². The fourth-order valence-electron chi connectivity index (χ4n) is 2.31. The van der Waals surface area contributed by atoms with Crippen LogP contribution in [-0.4, -0.2) is 21.8 Å². The maximum absolute atomic E-state index is 11.1. The normalized spacial score (nSPS) is 15.6. The maximum Gasteiger partial charge on any atom is 0.336 e. The third kappa shape index (κ3) is 3.47. The van der Waals surface area contributed by atoms with Crippen molar-refractivity contribution in [3.8, 4) is 0 Å². The van der Waals surface area contributed by atoms with E-state index >= 15 is 0 Å². The van der Waals surface area contributed by atoms with Gasteiger partial charge in [-0.25, -0.2) is 4.79 Å². The van der Waals surface area contributed by atoms with Crippen LogP contribution in [0.25, 0.3) is 0 Å². The molecule has 0 amide bonds. The van der Waals surface area contributed by atoms with Gasteiger partial charge in [0.25, 0.3) is 5.69 Å². The zero-order valence-corrected chi connectivity index (χ0v) is 11.2. The van der Waals surface area contributed by atoms with Crippen molar-refractivity contribution in [1.29, 1.82) is 0 Å². The zero-order chi connectivity index (χ0) is 13.8. The fourth-order valence-corrected chi connectivity index (χ4v) is 3.57. The van der Waals surface area contributed by atoms with Crippen molar-refractivity contribution in [2.45, 2.75) is 30.6 Å². The Labute approximate surface area is 115 Å². The number of non-ortho nitro benzene ring substituents is 1. The molecule has 19 heavy (non-hydrogen) atoms. The summed E-state index contributed by atoms with van der Waals surface area (Å²) in [6, 6.07) is 3.92. The van der Waals surface area contributed by atoms with Crippen LogP contribution in [0.2, 0.25) is 0 Å². The Bertz CT molecular complexity index is 497. The third-order valence-corrected chi connectivity index (χ3v) is 4.64. The Morgan fingerprint density at radius 2 is 2.11 bits per heavy atom. The van der Waals surface area contributed by atoms with E-state index < -0.39 is 10.9 Å². The molecule has 1 aromatic rings. The highest BCUT2D eigenvalue weighted by Crippen LogP contribution is 2.33. The minimum absolute atomic E-state index is 0.0566. The summed E-state index contributed by atoms with van der Waals surface area (Å²) < 4.78 is 0. The molecule has 0 unspecified atom stereocenters. The Kier molecular flexibility index (Phi) is 4.42. The van der Waals surface area contributed by atoms with Gasteiger partial charge in [-0.3, -0.25) is 10.1 Å². The van der Waals surface area contributed by atoms with Crippen LogP contribution in [0.5, 0.6) is 0 Å². The van der Waals surface area contributed by atoms with E-state index in [0.717, 1.165) is 5.75 Å². The van der Waals surface area contributed by atoms with Gasteiger partial charge in [-0.1, -0.05) is 12.8 Å². The van der Waals surface area contributed by atoms with E-state index in [4.69, 9.17) is 5.11 Å². The minimum Gasteiger partial charge on any atom is -0.478 e. The third-order valence-electron chi connectivity index (χ3n) is 3.36.